The molecular formula is C26H31N5OS. The zero-order valence-corrected chi connectivity index (χ0v) is 20.1. The number of nitrogens with zero attached hydrogens (tertiary/aromatic N) is 3. The number of aliphatic hydroxyl groups is 1. The average Bonchev–Trinajstić information content (AvgIpc) is 3.52. The standard InChI is InChI=1S/C26H31N5OS/c1-26(2,32)16-28-22-14-21(17-6-4-3-5-7-17)30-31-23(15-27-24(22)31)18-8-10-19(11-9-18)25(33)29-20-12-13-20/h6,8-11,14-15,20,28,32H,3-5,7,12-13,16H2,1-2H3,(H,29,33). The van der Waals surface area contributed by atoms with Crippen LogP contribution in [0.1, 0.15) is 63.6 Å². The van der Waals surface area contributed by atoms with Gasteiger partial charge < -0.3 is 15.7 Å². The van der Waals surface area contributed by atoms with Crippen molar-refractivity contribution in [3.8, 4) is 11.3 Å². The first-order valence-corrected chi connectivity index (χ1v) is 12.2. The van der Waals surface area contributed by atoms with Crippen LogP contribution in [0.2, 0.25) is 0 Å². The Labute approximate surface area is 200 Å². The highest BCUT2D eigenvalue weighted by atomic mass is 32.1. The molecule has 0 atom stereocenters. The summed E-state index contributed by atoms with van der Waals surface area (Å²) in [5.41, 5.74) is 6.05. The van der Waals surface area contributed by atoms with E-state index < -0.39 is 5.60 Å². The monoisotopic (exact) mass is 461 g/mol. The van der Waals surface area contributed by atoms with E-state index in [1.54, 1.807) is 13.8 Å². The predicted octanol–water partition coefficient (Wildman–Crippen LogP) is 4.96. The molecule has 172 valence electrons. The molecule has 6 nitrogen and oxygen atoms in total. The molecule has 2 heterocycles. The zero-order valence-electron chi connectivity index (χ0n) is 19.3. The highest BCUT2D eigenvalue weighted by Gasteiger charge is 2.22. The topological polar surface area (TPSA) is 74.5 Å². The average molecular weight is 462 g/mol. The van der Waals surface area contributed by atoms with Crippen molar-refractivity contribution < 1.29 is 5.11 Å². The van der Waals surface area contributed by atoms with Gasteiger partial charge in [0.15, 0.2) is 5.65 Å². The second-order valence-electron chi connectivity index (χ2n) is 9.79. The lowest BCUT2D eigenvalue weighted by molar-refractivity contribution is 0.0945. The van der Waals surface area contributed by atoms with E-state index in [0.29, 0.717) is 12.6 Å². The quantitative estimate of drug-likeness (QED) is 0.432. The lowest BCUT2D eigenvalue weighted by atomic mass is 9.97. The van der Waals surface area contributed by atoms with Crippen molar-refractivity contribution in [3.05, 3.63) is 53.9 Å². The maximum atomic E-state index is 10.2. The minimum absolute atomic E-state index is 0.424. The summed E-state index contributed by atoms with van der Waals surface area (Å²) in [6, 6.07) is 10.9. The SMILES string of the molecule is CC(C)(O)CNc1cc(C2=CCCCC2)nn2c(-c3ccc(C(=S)NC4CC4)cc3)cnc12. The number of hydrogen-bond donors (Lipinski definition) is 3. The molecular weight excluding hydrogens is 430 g/mol. The molecule has 0 aliphatic heterocycles. The van der Waals surface area contributed by atoms with Crippen LogP contribution in [-0.2, 0) is 0 Å². The molecule has 3 N–H and O–H groups in total. The van der Waals surface area contributed by atoms with E-state index in [9.17, 15) is 5.11 Å². The van der Waals surface area contributed by atoms with E-state index in [1.807, 2.05) is 10.7 Å². The van der Waals surface area contributed by atoms with Gasteiger partial charge in [-0.2, -0.15) is 5.10 Å². The maximum Gasteiger partial charge on any atom is 0.177 e. The predicted molar refractivity (Wildman–Crippen MR) is 138 cm³/mol. The Morgan fingerprint density at radius 2 is 2.00 bits per heavy atom. The van der Waals surface area contributed by atoms with Gasteiger partial charge in [-0.15, -0.1) is 0 Å². The molecule has 0 radical (unpaired) electrons. The number of anilines is 1. The van der Waals surface area contributed by atoms with Gasteiger partial charge in [0.25, 0.3) is 0 Å². The highest BCUT2D eigenvalue weighted by molar-refractivity contribution is 7.80. The van der Waals surface area contributed by atoms with Crippen LogP contribution in [0.25, 0.3) is 22.5 Å². The van der Waals surface area contributed by atoms with Crippen LogP contribution >= 0.6 is 12.2 Å². The molecule has 0 bridgehead atoms. The van der Waals surface area contributed by atoms with Gasteiger partial charge in [0, 0.05) is 23.7 Å². The lowest BCUT2D eigenvalue weighted by Crippen LogP contribution is -2.29. The van der Waals surface area contributed by atoms with Crippen LogP contribution in [0.5, 0.6) is 0 Å². The van der Waals surface area contributed by atoms with Crippen molar-refractivity contribution in [1.82, 2.24) is 19.9 Å². The smallest absolute Gasteiger partial charge is 0.177 e. The van der Waals surface area contributed by atoms with E-state index in [1.165, 1.54) is 31.3 Å². The van der Waals surface area contributed by atoms with E-state index in [0.717, 1.165) is 51.7 Å². The third kappa shape index (κ3) is 5.09. The summed E-state index contributed by atoms with van der Waals surface area (Å²) < 4.78 is 1.92. The van der Waals surface area contributed by atoms with Gasteiger partial charge in [-0.05, 0) is 64.0 Å². The molecule has 1 fully saturated rings. The Hall–Kier alpha value is -2.77. The molecule has 7 heteroatoms. The van der Waals surface area contributed by atoms with Gasteiger partial charge in [-0.1, -0.05) is 42.6 Å². The second-order valence-corrected chi connectivity index (χ2v) is 10.2. The number of hydrogen-bond acceptors (Lipinski definition) is 5. The molecule has 1 aromatic carbocycles. The number of thiocarbonyl (C=S) groups is 1. The largest absolute Gasteiger partial charge is 0.389 e. The van der Waals surface area contributed by atoms with Gasteiger partial charge in [0.05, 0.1) is 28.9 Å². The fraction of sp³-hybridized carbons (Fsp3) is 0.423. The van der Waals surface area contributed by atoms with Crippen molar-refractivity contribution in [2.24, 2.45) is 0 Å². The van der Waals surface area contributed by atoms with Crippen molar-refractivity contribution >= 4 is 34.1 Å². The minimum Gasteiger partial charge on any atom is -0.389 e. The number of aromatic nitrogens is 3. The van der Waals surface area contributed by atoms with Gasteiger partial charge in [-0.25, -0.2) is 9.50 Å². The third-order valence-corrected chi connectivity index (χ3v) is 6.51. The van der Waals surface area contributed by atoms with E-state index in [-0.39, 0.29) is 0 Å². The summed E-state index contributed by atoms with van der Waals surface area (Å²) >= 11 is 5.55. The van der Waals surface area contributed by atoms with E-state index in [4.69, 9.17) is 17.3 Å². The minimum atomic E-state index is -0.831. The van der Waals surface area contributed by atoms with Crippen molar-refractivity contribution in [2.45, 2.75) is 64.0 Å². The van der Waals surface area contributed by atoms with Crippen molar-refractivity contribution in [1.29, 1.82) is 0 Å². The number of benzene rings is 1. The number of allylic oxidation sites excluding steroid dienone is 2. The van der Waals surface area contributed by atoms with Crippen LogP contribution < -0.4 is 10.6 Å². The molecule has 0 amide bonds. The number of nitrogens with one attached hydrogen (secondary N) is 2. The van der Waals surface area contributed by atoms with Crippen LogP contribution in [0.15, 0.2) is 42.6 Å². The molecule has 0 saturated heterocycles. The van der Waals surface area contributed by atoms with Crippen LogP contribution in [0.4, 0.5) is 5.69 Å². The fourth-order valence-corrected chi connectivity index (χ4v) is 4.43. The summed E-state index contributed by atoms with van der Waals surface area (Å²) in [5, 5.41) is 22.0. The zero-order chi connectivity index (χ0) is 23.0. The Kier molecular flexibility index (Phi) is 5.93. The Bertz CT molecular complexity index is 1200. The Morgan fingerprint density at radius 3 is 2.67 bits per heavy atom. The fourth-order valence-electron chi connectivity index (χ4n) is 4.12. The second kappa shape index (κ2) is 8.88. The molecule has 2 aromatic heterocycles. The van der Waals surface area contributed by atoms with Crippen LogP contribution in [-0.4, -0.2) is 42.9 Å². The molecule has 0 unspecified atom stereocenters. The first kappa shape index (κ1) is 22.0. The first-order valence-electron chi connectivity index (χ1n) is 11.8. The van der Waals surface area contributed by atoms with Gasteiger partial charge >= 0.3 is 0 Å². The highest BCUT2D eigenvalue weighted by Crippen LogP contribution is 2.31. The molecule has 5 rings (SSSR count). The summed E-state index contributed by atoms with van der Waals surface area (Å²) in [7, 11) is 0. The molecule has 33 heavy (non-hydrogen) atoms. The normalized spacial score (nSPS) is 16.5. The molecule has 1 saturated carbocycles. The molecule has 3 aromatic rings. The molecule has 2 aliphatic carbocycles. The van der Waals surface area contributed by atoms with Gasteiger partial charge in [0.1, 0.15) is 4.99 Å². The number of fused-ring (bicyclic) bond motifs is 1. The Morgan fingerprint density at radius 1 is 1.21 bits per heavy atom. The number of rotatable bonds is 7. The van der Waals surface area contributed by atoms with E-state index >= 15 is 0 Å². The summed E-state index contributed by atoms with van der Waals surface area (Å²) in [4.78, 5) is 5.50. The lowest BCUT2D eigenvalue weighted by Gasteiger charge is -2.20. The third-order valence-electron chi connectivity index (χ3n) is 6.15. The summed E-state index contributed by atoms with van der Waals surface area (Å²) in [6.45, 7) is 4.02. The maximum absolute atomic E-state index is 10.2. The van der Waals surface area contributed by atoms with Gasteiger partial charge in [0.2, 0.25) is 0 Å². The summed E-state index contributed by atoms with van der Waals surface area (Å²) in [6.07, 6.45) is 11.1. The number of imidazole rings is 1. The van der Waals surface area contributed by atoms with Gasteiger partial charge in [-0.3, -0.25) is 0 Å². The van der Waals surface area contributed by atoms with E-state index in [2.05, 4.69) is 52.0 Å². The van der Waals surface area contributed by atoms with Crippen LogP contribution in [0, 0.1) is 0 Å². The molecule has 0 spiro atoms. The Balaban J connectivity index is 1.52. The van der Waals surface area contributed by atoms with Crippen molar-refractivity contribution in [2.75, 3.05) is 11.9 Å². The molecule has 2 aliphatic rings. The van der Waals surface area contributed by atoms with Crippen molar-refractivity contribution in [3.63, 3.8) is 0 Å². The van der Waals surface area contributed by atoms with Crippen LogP contribution in [0.3, 0.4) is 0 Å². The first-order chi connectivity index (χ1) is 15.9. The summed E-state index contributed by atoms with van der Waals surface area (Å²) in [5.74, 6) is 0.